The number of rotatable bonds is 5. The first-order chi connectivity index (χ1) is 18.3. The first-order valence-corrected chi connectivity index (χ1v) is 12.2. The Balaban J connectivity index is 1.33. The van der Waals surface area contributed by atoms with E-state index in [0.29, 0.717) is 34.7 Å². The summed E-state index contributed by atoms with van der Waals surface area (Å²) in [6.45, 7) is 6.21. The van der Waals surface area contributed by atoms with Crippen LogP contribution >= 0.6 is 0 Å². The number of nitrogens with zero attached hydrogens (tertiary/aromatic N) is 4. The molecule has 38 heavy (non-hydrogen) atoms. The maximum absolute atomic E-state index is 14.9. The Kier molecular flexibility index (Phi) is 6.94. The van der Waals surface area contributed by atoms with E-state index in [1.54, 1.807) is 12.1 Å². The predicted octanol–water partition coefficient (Wildman–Crippen LogP) is 3.32. The smallest absolute Gasteiger partial charge is 0.256 e. The minimum atomic E-state index is -0.939. The molecule has 0 unspecified atom stereocenters. The van der Waals surface area contributed by atoms with Crippen molar-refractivity contribution >= 4 is 17.4 Å². The van der Waals surface area contributed by atoms with Gasteiger partial charge >= 0.3 is 0 Å². The summed E-state index contributed by atoms with van der Waals surface area (Å²) in [5, 5.41) is 6.31. The number of halogens is 2. The van der Waals surface area contributed by atoms with Crippen LogP contribution in [-0.2, 0) is 6.54 Å². The van der Waals surface area contributed by atoms with E-state index in [0.717, 1.165) is 24.8 Å². The molecular formula is C27H28F2N6O3. The standard InChI is InChI=1S/C27H28F2N6O3/c1-14-12-35(13-15(2)32-14)17-7-5-16(6-8-17)27(36)34-25-18-10-30-26(33-19(18)11-31-25)22-23(28)20(37-3)9-21(38-4)24(22)29/h5-10,14-15,32H,11-13H2,1-4H3,(H,31,34,36)/t14-,15+. The summed E-state index contributed by atoms with van der Waals surface area (Å²) in [4.78, 5) is 28.1. The van der Waals surface area contributed by atoms with Gasteiger partial charge < -0.3 is 25.0 Å². The number of anilines is 1. The van der Waals surface area contributed by atoms with Crippen LogP contribution in [0.1, 0.15) is 35.5 Å². The quantitative estimate of drug-likeness (QED) is 0.530. The summed E-state index contributed by atoms with van der Waals surface area (Å²) in [5.41, 5.74) is 1.99. The van der Waals surface area contributed by atoms with Crippen LogP contribution in [0.3, 0.4) is 0 Å². The van der Waals surface area contributed by atoms with E-state index in [-0.39, 0.29) is 29.8 Å². The molecule has 2 N–H and O–H groups in total. The lowest BCUT2D eigenvalue weighted by atomic mass is 10.1. The van der Waals surface area contributed by atoms with E-state index in [9.17, 15) is 13.6 Å². The molecule has 1 saturated heterocycles. The number of carbonyl (C=O) groups excluding carboxylic acids is 1. The van der Waals surface area contributed by atoms with Crippen molar-refractivity contribution in [3.63, 3.8) is 0 Å². The average molecular weight is 523 g/mol. The number of amides is 1. The number of nitrogens with one attached hydrogen (secondary N) is 2. The summed E-state index contributed by atoms with van der Waals surface area (Å²) in [6.07, 6.45) is 1.39. The first-order valence-electron chi connectivity index (χ1n) is 12.2. The maximum atomic E-state index is 14.9. The fourth-order valence-corrected chi connectivity index (χ4v) is 4.82. The molecule has 2 aliphatic rings. The fraction of sp³-hybridized carbons (Fsp3) is 0.333. The summed E-state index contributed by atoms with van der Waals surface area (Å²) in [6, 6.07) is 9.30. The summed E-state index contributed by atoms with van der Waals surface area (Å²) in [7, 11) is 2.54. The topological polar surface area (TPSA) is 101 Å². The highest BCUT2D eigenvalue weighted by Gasteiger charge is 2.27. The Morgan fingerprint density at radius 1 is 1.05 bits per heavy atom. The van der Waals surface area contributed by atoms with Crippen molar-refractivity contribution in [3.8, 4) is 22.9 Å². The molecule has 11 heteroatoms. The van der Waals surface area contributed by atoms with Gasteiger partial charge in [-0.2, -0.15) is 0 Å². The minimum Gasteiger partial charge on any atom is -0.494 e. The van der Waals surface area contributed by atoms with Crippen molar-refractivity contribution < 1.29 is 23.0 Å². The molecule has 198 valence electrons. The van der Waals surface area contributed by atoms with Crippen molar-refractivity contribution in [1.82, 2.24) is 20.6 Å². The second-order valence-electron chi connectivity index (χ2n) is 9.38. The molecule has 2 aliphatic heterocycles. The highest BCUT2D eigenvalue weighted by molar-refractivity contribution is 6.14. The molecule has 5 rings (SSSR count). The lowest BCUT2D eigenvalue weighted by Crippen LogP contribution is -2.54. The third-order valence-electron chi connectivity index (χ3n) is 6.59. The van der Waals surface area contributed by atoms with Crippen molar-refractivity contribution in [2.75, 3.05) is 32.2 Å². The molecule has 3 heterocycles. The summed E-state index contributed by atoms with van der Waals surface area (Å²) in [5.74, 6) is -2.47. The van der Waals surface area contributed by atoms with Crippen LogP contribution in [0.2, 0.25) is 0 Å². The minimum absolute atomic E-state index is 0.128. The average Bonchev–Trinajstić information content (AvgIpc) is 3.30. The molecule has 0 bridgehead atoms. The van der Waals surface area contributed by atoms with Gasteiger partial charge in [-0.15, -0.1) is 0 Å². The Hall–Kier alpha value is -4.12. The lowest BCUT2D eigenvalue weighted by Gasteiger charge is -2.37. The van der Waals surface area contributed by atoms with Crippen molar-refractivity contribution in [1.29, 1.82) is 0 Å². The number of hydrogen-bond donors (Lipinski definition) is 2. The predicted molar refractivity (Wildman–Crippen MR) is 139 cm³/mol. The number of fused-ring (bicyclic) bond motifs is 1. The van der Waals surface area contributed by atoms with Gasteiger partial charge in [0.1, 0.15) is 5.84 Å². The van der Waals surface area contributed by atoms with Gasteiger partial charge in [-0.25, -0.2) is 18.7 Å². The van der Waals surface area contributed by atoms with Crippen LogP contribution in [0, 0.1) is 11.6 Å². The number of aliphatic imine (C=N–C) groups is 1. The molecule has 0 saturated carbocycles. The molecule has 1 fully saturated rings. The maximum Gasteiger partial charge on any atom is 0.256 e. The zero-order valence-corrected chi connectivity index (χ0v) is 21.5. The number of carbonyl (C=O) groups is 1. The summed E-state index contributed by atoms with van der Waals surface area (Å²) >= 11 is 0. The monoisotopic (exact) mass is 522 g/mol. The zero-order chi connectivity index (χ0) is 27.0. The summed E-state index contributed by atoms with van der Waals surface area (Å²) < 4.78 is 39.8. The van der Waals surface area contributed by atoms with Crippen LogP contribution in [0.5, 0.6) is 11.5 Å². The largest absolute Gasteiger partial charge is 0.494 e. The van der Waals surface area contributed by atoms with Gasteiger partial charge in [0.15, 0.2) is 29.0 Å². The highest BCUT2D eigenvalue weighted by atomic mass is 19.1. The highest BCUT2D eigenvalue weighted by Crippen LogP contribution is 2.36. The van der Waals surface area contributed by atoms with Gasteiger partial charge in [0, 0.05) is 48.7 Å². The van der Waals surface area contributed by atoms with Crippen LogP contribution in [0.4, 0.5) is 14.5 Å². The van der Waals surface area contributed by atoms with Gasteiger partial charge in [0.05, 0.1) is 37.6 Å². The van der Waals surface area contributed by atoms with Crippen LogP contribution < -0.4 is 25.0 Å². The van der Waals surface area contributed by atoms with Crippen molar-refractivity contribution in [3.05, 3.63) is 65.0 Å². The van der Waals surface area contributed by atoms with E-state index in [2.05, 4.69) is 44.3 Å². The SMILES string of the molecule is COc1cc(OC)c(F)c(-c2ncc3c(n2)CN=C3NC(=O)c2ccc(N3C[C@@H](C)N[C@@H](C)C3)cc2)c1F. The van der Waals surface area contributed by atoms with E-state index in [1.807, 2.05) is 12.1 Å². The van der Waals surface area contributed by atoms with Crippen molar-refractivity contribution in [2.24, 2.45) is 4.99 Å². The second-order valence-corrected chi connectivity index (χ2v) is 9.38. The number of hydrogen-bond acceptors (Lipinski definition) is 8. The number of amidine groups is 1. The fourth-order valence-electron chi connectivity index (χ4n) is 4.82. The van der Waals surface area contributed by atoms with Crippen LogP contribution in [0.15, 0.2) is 41.5 Å². The number of methoxy groups -OCH3 is 2. The van der Waals surface area contributed by atoms with Crippen LogP contribution in [-0.4, -0.2) is 61.1 Å². The normalized spacial score (nSPS) is 18.6. The number of piperazine rings is 1. The Bertz CT molecular complexity index is 1370. The molecular weight excluding hydrogens is 494 g/mol. The van der Waals surface area contributed by atoms with Gasteiger partial charge in [-0.1, -0.05) is 0 Å². The first kappa shape index (κ1) is 25.5. The van der Waals surface area contributed by atoms with Crippen molar-refractivity contribution in [2.45, 2.75) is 32.5 Å². The molecule has 1 aromatic heterocycles. The van der Waals surface area contributed by atoms with Gasteiger partial charge in [-0.05, 0) is 38.1 Å². The van der Waals surface area contributed by atoms with Crippen LogP contribution in [0.25, 0.3) is 11.4 Å². The molecule has 0 spiro atoms. The zero-order valence-electron chi connectivity index (χ0n) is 21.5. The molecule has 9 nitrogen and oxygen atoms in total. The molecule has 2 atom stereocenters. The molecule has 0 aliphatic carbocycles. The van der Waals surface area contributed by atoms with Gasteiger partial charge in [-0.3, -0.25) is 9.79 Å². The third kappa shape index (κ3) is 4.76. The molecule has 0 radical (unpaired) electrons. The Labute approximate surface area is 218 Å². The van der Waals surface area contributed by atoms with E-state index in [1.165, 1.54) is 20.4 Å². The van der Waals surface area contributed by atoms with E-state index < -0.39 is 17.2 Å². The molecule has 2 aromatic carbocycles. The Morgan fingerprint density at radius 2 is 1.68 bits per heavy atom. The number of aromatic nitrogens is 2. The second kappa shape index (κ2) is 10.3. The molecule has 3 aromatic rings. The number of ether oxygens (including phenoxy) is 2. The van der Waals surface area contributed by atoms with E-state index in [4.69, 9.17) is 9.47 Å². The Morgan fingerprint density at radius 3 is 2.29 bits per heavy atom. The molecule has 1 amide bonds. The lowest BCUT2D eigenvalue weighted by molar-refractivity contribution is 0.0977. The number of benzene rings is 2. The third-order valence-corrected chi connectivity index (χ3v) is 6.59. The van der Waals surface area contributed by atoms with Gasteiger partial charge in [0.25, 0.3) is 5.91 Å². The van der Waals surface area contributed by atoms with E-state index >= 15 is 0 Å². The van der Waals surface area contributed by atoms with Gasteiger partial charge in [0.2, 0.25) is 0 Å².